The van der Waals surface area contributed by atoms with Gasteiger partial charge in [-0.2, -0.15) is 0 Å². The maximum Gasteiger partial charge on any atom is 0.341 e. The van der Waals surface area contributed by atoms with Crippen molar-refractivity contribution in [1.29, 1.82) is 0 Å². The summed E-state index contributed by atoms with van der Waals surface area (Å²) in [5.41, 5.74) is 6.35. The van der Waals surface area contributed by atoms with Gasteiger partial charge in [-0.1, -0.05) is 0 Å². The number of nitrogen functional groups attached to an aromatic ring is 1. The highest BCUT2D eigenvalue weighted by Crippen LogP contribution is 2.30. The van der Waals surface area contributed by atoms with Crippen molar-refractivity contribution in [1.82, 2.24) is 19.9 Å². The average molecular weight is 542 g/mol. The van der Waals surface area contributed by atoms with Crippen molar-refractivity contribution >= 4 is 45.1 Å². The van der Waals surface area contributed by atoms with Gasteiger partial charge in [0.05, 0.1) is 48.3 Å². The van der Waals surface area contributed by atoms with E-state index in [1.807, 2.05) is 22.9 Å². The zero-order valence-corrected chi connectivity index (χ0v) is 21.5. The molecule has 0 saturated carbocycles. The van der Waals surface area contributed by atoms with Crippen LogP contribution in [0.15, 0.2) is 36.8 Å². The van der Waals surface area contributed by atoms with Gasteiger partial charge >= 0.3 is 5.97 Å². The number of rotatable bonds is 7. The van der Waals surface area contributed by atoms with Crippen molar-refractivity contribution in [2.75, 3.05) is 48.9 Å². The van der Waals surface area contributed by atoms with Crippen LogP contribution in [-0.2, 0) is 16.0 Å². The monoisotopic (exact) mass is 541 g/mol. The van der Waals surface area contributed by atoms with Crippen molar-refractivity contribution in [2.45, 2.75) is 19.6 Å². The zero-order valence-electron chi connectivity index (χ0n) is 20.7. The van der Waals surface area contributed by atoms with Gasteiger partial charge in [-0.05, 0) is 30.7 Å². The zero-order chi connectivity index (χ0) is 26.8. The normalized spacial score (nSPS) is 15.6. The summed E-state index contributed by atoms with van der Waals surface area (Å²) in [6.45, 7) is 3.79. The van der Waals surface area contributed by atoms with Gasteiger partial charge in [0.2, 0.25) is 11.9 Å². The highest BCUT2D eigenvalue weighted by Gasteiger charge is 2.26. The number of halogens is 2. The number of carbonyl (C=O) groups excluding carboxylic acids is 1. The molecule has 3 aromatic heterocycles. The number of benzene rings is 1. The first kappa shape index (κ1) is 25.7. The van der Waals surface area contributed by atoms with E-state index in [4.69, 9.17) is 20.2 Å². The first-order chi connectivity index (χ1) is 18.3. The summed E-state index contributed by atoms with van der Waals surface area (Å²) in [5, 5.41) is 0. The van der Waals surface area contributed by atoms with Crippen LogP contribution in [-0.4, -0.2) is 59.3 Å². The van der Waals surface area contributed by atoms with Crippen molar-refractivity contribution in [2.24, 2.45) is 0 Å². The van der Waals surface area contributed by atoms with E-state index in [9.17, 15) is 13.6 Å². The van der Waals surface area contributed by atoms with Gasteiger partial charge in [0.15, 0.2) is 0 Å². The van der Waals surface area contributed by atoms with E-state index in [0.29, 0.717) is 49.3 Å². The summed E-state index contributed by atoms with van der Waals surface area (Å²) >= 11 is 1.56. The summed E-state index contributed by atoms with van der Waals surface area (Å²) < 4.78 is 39.6. The molecule has 0 amide bonds. The molecule has 0 radical (unpaired) electrons. The van der Waals surface area contributed by atoms with Gasteiger partial charge in [-0.25, -0.2) is 33.5 Å². The second kappa shape index (κ2) is 10.8. The molecule has 198 valence electrons. The van der Waals surface area contributed by atoms with E-state index in [-0.39, 0.29) is 6.61 Å². The number of hydrogen-bond acceptors (Lipinski definition) is 11. The average Bonchev–Trinajstić information content (AvgIpc) is 3.33. The molecule has 1 fully saturated rings. The lowest BCUT2D eigenvalue weighted by molar-refractivity contribution is 0.0389. The van der Waals surface area contributed by atoms with Crippen LogP contribution in [0.3, 0.4) is 0 Å². The second-order valence-corrected chi connectivity index (χ2v) is 9.85. The SMILES string of the molecule is CCOC(=O)c1cnc(N(C)Cc2cc3nc(N4CCOC(c5cc(F)c(N)c(F)c5)C4)ncc3s2)nc1. The highest BCUT2D eigenvalue weighted by atomic mass is 32.1. The van der Waals surface area contributed by atoms with Gasteiger partial charge in [0, 0.05) is 30.9 Å². The Bertz CT molecular complexity index is 1440. The molecule has 10 nitrogen and oxygen atoms in total. The molecular weight excluding hydrogens is 516 g/mol. The Morgan fingerprint density at radius 3 is 2.66 bits per heavy atom. The van der Waals surface area contributed by atoms with Crippen LogP contribution in [0.2, 0.25) is 0 Å². The molecule has 1 aliphatic rings. The van der Waals surface area contributed by atoms with Gasteiger partial charge in [-0.15, -0.1) is 11.3 Å². The number of nitrogens with zero attached hydrogens (tertiary/aromatic N) is 6. The number of aromatic nitrogens is 4. The summed E-state index contributed by atoms with van der Waals surface area (Å²) in [5.74, 6) is -1.10. The lowest BCUT2D eigenvalue weighted by Crippen LogP contribution is -2.39. The molecule has 4 aromatic rings. The summed E-state index contributed by atoms with van der Waals surface area (Å²) in [6, 6.07) is 4.39. The van der Waals surface area contributed by atoms with Crippen LogP contribution in [0, 0.1) is 11.6 Å². The topological polar surface area (TPSA) is 120 Å². The van der Waals surface area contributed by atoms with Crippen molar-refractivity contribution in [3.8, 4) is 0 Å². The van der Waals surface area contributed by atoms with Crippen LogP contribution in [0.1, 0.15) is 33.8 Å². The minimum absolute atomic E-state index is 0.283. The molecule has 13 heteroatoms. The van der Waals surface area contributed by atoms with Crippen LogP contribution < -0.4 is 15.5 Å². The fraction of sp³-hybridized carbons (Fsp3) is 0.320. The minimum atomic E-state index is -0.811. The lowest BCUT2D eigenvalue weighted by atomic mass is 10.1. The van der Waals surface area contributed by atoms with Crippen LogP contribution in [0.5, 0.6) is 0 Å². The van der Waals surface area contributed by atoms with E-state index in [2.05, 4.69) is 15.0 Å². The molecule has 1 unspecified atom stereocenters. The molecule has 1 saturated heterocycles. The predicted molar refractivity (Wildman–Crippen MR) is 139 cm³/mol. The van der Waals surface area contributed by atoms with Crippen LogP contribution >= 0.6 is 11.3 Å². The molecule has 1 aliphatic heterocycles. The van der Waals surface area contributed by atoms with Crippen molar-refractivity contribution in [3.63, 3.8) is 0 Å². The lowest BCUT2D eigenvalue weighted by Gasteiger charge is -2.33. The van der Waals surface area contributed by atoms with E-state index in [1.54, 1.807) is 24.5 Å². The van der Waals surface area contributed by atoms with Gasteiger partial charge in [0.25, 0.3) is 0 Å². The summed E-state index contributed by atoms with van der Waals surface area (Å²) in [6.07, 6.45) is 4.11. The molecule has 0 bridgehead atoms. The number of morpholine rings is 1. The van der Waals surface area contributed by atoms with Crippen LogP contribution in [0.4, 0.5) is 26.4 Å². The minimum Gasteiger partial charge on any atom is -0.462 e. The Morgan fingerprint density at radius 2 is 1.95 bits per heavy atom. The number of fused-ring (bicyclic) bond motifs is 1. The molecule has 38 heavy (non-hydrogen) atoms. The third kappa shape index (κ3) is 5.34. The Balaban J connectivity index is 1.29. The second-order valence-electron chi connectivity index (χ2n) is 8.68. The van der Waals surface area contributed by atoms with Crippen molar-refractivity contribution < 1.29 is 23.0 Å². The first-order valence-corrected chi connectivity index (χ1v) is 12.7. The van der Waals surface area contributed by atoms with Gasteiger partial charge < -0.3 is 25.0 Å². The van der Waals surface area contributed by atoms with Crippen molar-refractivity contribution in [3.05, 3.63) is 64.4 Å². The predicted octanol–water partition coefficient (Wildman–Crippen LogP) is 3.73. The summed E-state index contributed by atoms with van der Waals surface area (Å²) in [7, 11) is 1.86. The molecule has 0 aliphatic carbocycles. The molecular formula is C25H25F2N7O3S. The molecule has 1 atom stereocenters. The maximum atomic E-state index is 14.0. The maximum absolute atomic E-state index is 14.0. The Labute approximate surface area is 221 Å². The molecule has 4 heterocycles. The third-order valence-corrected chi connectivity index (χ3v) is 7.06. The van der Waals surface area contributed by atoms with Crippen LogP contribution in [0.25, 0.3) is 10.2 Å². The fourth-order valence-corrected chi connectivity index (χ4v) is 5.10. The van der Waals surface area contributed by atoms with Gasteiger partial charge in [-0.3, -0.25) is 0 Å². The molecule has 2 N–H and O–H groups in total. The number of nitrogens with two attached hydrogens (primary N) is 1. The molecule has 5 rings (SSSR count). The van der Waals surface area contributed by atoms with Gasteiger partial charge in [0.1, 0.15) is 23.4 Å². The van der Waals surface area contributed by atoms with E-state index >= 15 is 0 Å². The Kier molecular flexibility index (Phi) is 7.29. The number of thiophene rings is 1. The fourth-order valence-electron chi connectivity index (χ4n) is 4.07. The quantitative estimate of drug-likeness (QED) is 0.274. The number of ether oxygens (including phenoxy) is 2. The third-order valence-electron chi connectivity index (χ3n) is 6.02. The number of carbonyl (C=O) groups is 1. The largest absolute Gasteiger partial charge is 0.462 e. The summed E-state index contributed by atoms with van der Waals surface area (Å²) in [4.78, 5) is 34.4. The Hall–Kier alpha value is -3.97. The number of anilines is 3. The first-order valence-electron chi connectivity index (χ1n) is 11.9. The van der Waals surface area contributed by atoms with E-state index in [0.717, 1.165) is 15.1 Å². The van der Waals surface area contributed by atoms with E-state index in [1.165, 1.54) is 24.5 Å². The Morgan fingerprint density at radius 1 is 1.21 bits per heavy atom. The molecule has 1 aromatic carbocycles. The number of hydrogen-bond donors (Lipinski definition) is 1. The number of esters is 1. The standard InChI is InChI=1S/C25H25F2N7O3S/c1-3-36-23(35)15-9-29-24(30-10-15)33(2)12-16-8-19-21(38-16)11-31-25(32-19)34-4-5-37-20(13-34)14-6-17(26)22(28)18(27)7-14/h6-11,20H,3-5,12-13,28H2,1-2H3. The smallest absolute Gasteiger partial charge is 0.341 e. The molecule has 0 spiro atoms. The van der Waals surface area contributed by atoms with E-state index < -0.39 is 29.4 Å². The highest BCUT2D eigenvalue weighted by molar-refractivity contribution is 7.19.